The van der Waals surface area contributed by atoms with Gasteiger partial charge in [0.25, 0.3) is 0 Å². The van der Waals surface area contributed by atoms with E-state index in [1.54, 1.807) is 0 Å². The zero-order valence-electron chi connectivity index (χ0n) is 9.89. The molecule has 0 unspecified atom stereocenters. The molecule has 0 aliphatic carbocycles. The van der Waals surface area contributed by atoms with Crippen molar-refractivity contribution in [1.29, 1.82) is 0 Å². The largest absolute Gasteiger partial charge is 0.426 e. The van der Waals surface area contributed by atoms with Crippen molar-refractivity contribution >= 4 is 5.97 Å². The molecule has 2 heteroatoms. The summed E-state index contributed by atoms with van der Waals surface area (Å²) >= 11 is 0. The van der Waals surface area contributed by atoms with E-state index in [-0.39, 0.29) is 5.97 Å². The van der Waals surface area contributed by atoms with E-state index in [1.165, 1.54) is 12.5 Å². The van der Waals surface area contributed by atoms with Crippen LogP contribution in [0.3, 0.4) is 0 Å². The minimum atomic E-state index is -0.247. The van der Waals surface area contributed by atoms with E-state index in [2.05, 4.69) is 32.9 Å². The van der Waals surface area contributed by atoms with Crippen molar-refractivity contribution < 1.29 is 9.53 Å². The number of carbonyl (C=O) groups is 1. The van der Waals surface area contributed by atoms with Gasteiger partial charge in [0.2, 0.25) is 0 Å². The van der Waals surface area contributed by atoms with E-state index in [9.17, 15) is 4.79 Å². The van der Waals surface area contributed by atoms with Crippen LogP contribution in [0.5, 0.6) is 5.75 Å². The van der Waals surface area contributed by atoms with Gasteiger partial charge in [-0.2, -0.15) is 0 Å². The molecule has 82 valence electrons. The first-order valence-electron chi connectivity index (χ1n) is 5.39. The molecule has 0 aliphatic heterocycles. The van der Waals surface area contributed by atoms with E-state index >= 15 is 0 Å². The Kier molecular flexibility index (Phi) is 3.89. The number of ether oxygens (including phenoxy) is 1. The van der Waals surface area contributed by atoms with Crippen LogP contribution in [0.4, 0.5) is 0 Å². The first-order chi connectivity index (χ1) is 7.08. The highest BCUT2D eigenvalue weighted by molar-refractivity contribution is 5.70. The molecule has 0 amide bonds. The lowest BCUT2D eigenvalue weighted by Crippen LogP contribution is -2.06. The average molecular weight is 206 g/mol. The molecular weight excluding hydrogens is 188 g/mol. The van der Waals surface area contributed by atoms with Gasteiger partial charge < -0.3 is 4.74 Å². The second kappa shape index (κ2) is 4.96. The smallest absolute Gasteiger partial charge is 0.308 e. The van der Waals surface area contributed by atoms with Gasteiger partial charge in [-0.25, -0.2) is 0 Å². The van der Waals surface area contributed by atoms with Crippen LogP contribution in [0, 0.1) is 6.92 Å². The molecule has 0 N–H and O–H groups in total. The van der Waals surface area contributed by atoms with E-state index in [1.807, 2.05) is 0 Å². The van der Waals surface area contributed by atoms with E-state index < -0.39 is 0 Å². The van der Waals surface area contributed by atoms with Crippen LogP contribution in [-0.2, 0) is 17.6 Å². The maximum Gasteiger partial charge on any atom is 0.308 e. The molecule has 2 nitrogen and oxygen atoms in total. The van der Waals surface area contributed by atoms with Crippen LogP contribution in [0.1, 0.15) is 37.5 Å². The van der Waals surface area contributed by atoms with Crippen LogP contribution in [-0.4, -0.2) is 5.97 Å². The second-order valence-corrected chi connectivity index (χ2v) is 3.71. The number of hydrogen-bond acceptors (Lipinski definition) is 2. The monoisotopic (exact) mass is 206 g/mol. The molecule has 0 saturated heterocycles. The van der Waals surface area contributed by atoms with Gasteiger partial charge in [-0.1, -0.05) is 31.5 Å². The molecule has 1 rings (SSSR count). The van der Waals surface area contributed by atoms with Gasteiger partial charge in [-0.3, -0.25) is 4.79 Å². The third kappa shape index (κ3) is 2.82. The predicted molar refractivity (Wildman–Crippen MR) is 61.2 cm³/mol. The second-order valence-electron chi connectivity index (χ2n) is 3.71. The number of benzene rings is 1. The summed E-state index contributed by atoms with van der Waals surface area (Å²) in [5.41, 5.74) is 3.45. The zero-order chi connectivity index (χ0) is 11.4. The fourth-order valence-electron chi connectivity index (χ4n) is 1.73. The van der Waals surface area contributed by atoms with Crippen molar-refractivity contribution in [3.63, 3.8) is 0 Å². The molecule has 0 atom stereocenters. The van der Waals surface area contributed by atoms with Crippen LogP contribution < -0.4 is 4.74 Å². The number of hydrogen-bond donors (Lipinski definition) is 0. The summed E-state index contributed by atoms with van der Waals surface area (Å²) in [5.74, 6) is 0.515. The maximum atomic E-state index is 11.0. The lowest BCUT2D eigenvalue weighted by Gasteiger charge is -2.13. The average Bonchev–Trinajstić information content (AvgIpc) is 2.19. The lowest BCUT2D eigenvalue weighted by atomic mass is 10.0. The molecule has 0 saturated carbocycles. The predicted octanol–water partition coefficient (Wildman–Crippen LogP) is 3.05. The molecular formula is C13H18O2. The number of rotatable bonds is 3. The number of esters is 1. The highest BCUT2D eigenvalue weighted by atomic mass is 16.5. The van der Waals surface area contributed by atoms with Crippen molar-refractivity contribution in [3.8, 4) is 5.75 Å². The van der Waals surface area contributed by atoms with Gasteiger partial charge in [0.05, 0.1) is 0 Å². The summed E-state index contributed by atoms with van der Waals surface area (Å²) in [4.78, 5) is 11.0. The minimum absolute atomic E-state index is 0.247. The van der Waals surface area contributed by atoms with Crippen molar-refractivity contribution in [2.24, 2.45) is 0 Å². The lowest BCUT2D eigenvalue weighted by molar-refractivity contribution is -0.132. The molecule has 15 heavy (non-hydrogen) atoms. The molecule has 1 aromatic rings. The number of aryl methyl sites for hydroxylation is 3. The van der Waals surface area contributed by atoms with Gasteiger partial charge >= 0.3 is 5.97 Å². The van der Waals surface area contributed by atoms with Gasteiger partial charge in [-0.15, -0.1) is 0 Å². The van der Waals surface area contributed by atoms with Crippen LogP contribution in [0.2, 0.25) is 0 Å². The highest BCUT2D eigenvalue weighted by Gasteiger charge is 2.10. The number of carbonyl (C=O) groups excluding carboxylic acids is 1. The van der Waals surface area contributed by atoms with E-state index in [4.69, 9.17) is 4.74 Å². The Labute approximate surface area is 91.3 Å². The summed E-state index contributed by atoms with van der Waals surface area (Å²) < 4.78 is 5.27. The van der Waals surface area contributed by atoms with Crippen LogP contribution >= 0.6 is 0 Å². The van der Waals surface area contributed by atoms with Gasteiger partial charge in [-0.05, 0) is 30.9 Å². The normalized spacial score (nSPS) is 10.1. The summed E-state index contributed by atoms with van der Waals surface area (Å²) in [7, 11) is 0. The summed E-state index contributed by atoms with van der Waals surface area (Å²) in [5, 5.41) is 0. The first-order valence-corrected chi connectivity index (χ1v) is 5.39. The molecule has 0 aromatic heterocycles. The topological polar surface area (TPSA) is 26.3 Å². The first kappa shape index (κ1) is 11.8. The molecule has 0 radical (unpaired) electrons. The minimum Gasteiger partial charge on any atom is -0.426 e. The Morgan fingerprint density at radius 3 is 2.00 bits per heavy atom. The summed E-state index contributed by atoms with van der Waals surface area (Å²) in [6, 6.07) is 4.16. The Balaban J connectivity index is 3.23. The highest BCUT2D eigenvalue weighted by Crippen LogP contribution is 2.27. The molecule has 0 aliphatic rings. The van der Waals surface area contributed by atoms with Crippen molar-refractivity contribution in [2.45, 2.75) is 40.5 Å². The van der Waals surface area contributed by atoms with Crippen molar-refractivity contribution in [2.75, 3.05) is 0 Å². The molecule has 1 aromatic carbocycles. The SMILES string of the molecule is CCc1cc(C)cc(CC)c1OC(C)=O. The quantitative estimate of drug-likeness (QED) is 0.561. The Morgan fingerprint density at radius 1 is 1.20 bits per heavy atom. The molecule has 0 bridgehead atoms. The van der Waals surface area contributed by atoms with Gasteiger partial charge in [0.15, 0.2) is 0 Å². The molecule has 0 heterocycles. The Bertz CT molecular complexity index is 342. The standard InChI is InChI=1S/C13H18O2/c1-5-11-7-9(3)8-12(6-2)13(11)15-10(4)14/h7-8H,5-6H2,1-4H3. The van der Waals surface area contributed by atoms with Crippen molar-refractivity contribution in [1.82, 2.24) is 0 Å². The Hall–Kier alpha value is -1.31. The molecule has 0 spiro atoms. The van der Waals surface area contributed by atoms with Crippen LogP contribution in [0.25, 0.3) is 0 Å². The third-order valence-electron chi connectivity index (χ3n) is 2.39. The van der Waals surface area contributed by atoms with Crippen molar-refractivity contribution in [3.05, 3.63) is 28.8 Å². The van der Waals surface area contributed by atoms with E-state index in [0.29, 0.717) is 0 Å². The Morgan fingerprint density at radius 2 is 1.67 bits per heavy atom. The molecule has 0 fully saturated rings. The maximum absolute atomic E-state index is 11.0. The van der Waals surface area contributed by atoms with Gasteiger partial charge in [0, 0.05) is 6.92 Å². The van der Waals surface area contributed by atoms with E-state index in [0.717, 1.165) is 29.7 Å². The summed E-state index contributed by atoms with van der Waals surface area (Å²) in [6.45, 7) is 7.65. The fraction of sp³-hybridized carbons (Fsp3) is 0.462. The summed E-state index contributed by atoms with van der Waals surface area (Å²) in [6.07, 6.45) is 1.77. The fourth-order valence-corrected chi connectivity index (χ4v) is 1.73. The van der Waals surface area contributed by atoms with Crippen LogP contribution in [0.15, 0.2) is 12.1 Å². The zero-order valence-corrected chi connectivity index (χ0v) is 9.89. The third-order valence-corrected chi connectivity index (χ3v) is 2.39. The van der Waals surface area contributed by atoms with Gasteiger partial charge in [0.1, 0.15) is 5.75 Å².